The van der Waals surface area contributed by atoms with Gasteiger partial charge in [-0.15, -0.1) is 0 Å². The Balaban J connectivity index is 2.05. The molecule has 1 fully saturated rings. The molecule has 118 valence electrons. The summed E-state index contributed by atoms with van der Waals surface area (Å²) in [4.78, 5) is 2.43. The summed E-state index contributed by atoms with van der Waals surface area (Å²) in [6, 6.07) is 6.69. The third-order valence-corrected chi connectivity index (χ3v) is 5.03. The third-order valence-electron chi connectivity index (χ3n) is 4.30. The van der Waals surface area contributed by atoms with Crippen molar-refractivity contribution >= 4 is 21.6 Å². The van der Waals surface area contributed by atoms with Crippen molar-refractivity contribution in [1.82, 2.24) is 5.32 Å². The molecule has 1 aliphatic rings. The van der Waals surface area contributed by atoms with Crippen LogP contribution in [0.4, 0.5) is 5.69 Å². The fourth-order valence-electron chi connectivity index (χ4n) is 2.87. The molecule has 1 heterocycles. The first kappa shape index (κ1) is 16.8. The third kappa shape index (κ3) is 4.44. The molecule has 0 spiro atoms. The first-order valence-electron chi connectivity index (χ1n) is 7.87. The molecule has 1 aliphatic heterocycles. The van der Waals surface area contributed by atoms with Crippen molar-refractivity contribution in [3.63, 3.8) is 0 Å². The number of anilines is 1. The molecule has 21 heavy (non-hydrogen) atoms. The lowest BCUT2D eigenvalue weighted by Gasteiger charge is -2.40. The minimum absolute atomic E-state index is 0.0217. The second-order valence-electron chi connectivity index (χ2n) is 6.13. The Labute approximate surface area is 137 Å². The average molecular weight is 355 g/mol. The molecule has 1 saturated heterocycles. The van der Waals surface area contributed by atoms with Crippen LogP contribution in [0.2, 0.25) is 0 Å². The highest BCUT2D eigenvalue weighted by molar-refractivity contribution is 9.10. The van der Waals surface area contributed by atoms with Gasteiger partial charge in [-0.2, -0.15) is 0 Å². The molecule has 0 radical (unpaired) electrons. The predicted molar refractivity (Wildman–Crippen MR) is 93.0 cm³/mol. The molecule has 2 rings (SSSR count). The van der Waals surface area contributed by atoms with Crippen LogP contribution in [0, 0.1) is 0 Å². The molecule has 1 N–H and O–H groups in total. The van der Waals surface area contributed by atoms with Gasteiger partial charge in [-0.05, 0) is 50.4 Å². The lowest BCUT2D eigenvalue weighted by Crippen LogP contribution is -2.47. The van der Waals surface area contributed by atoms with Crippen LogP contribution in [-0.2, 0) is 11.3 Å². The SMILES string of the molecule is CCCNCc1ccc(N2CCCC(C)(OC)C2)cc1Br. The number of halogens is 1. The van der Waals surface area contributed by atoms with Crippen LogP contribution in [-0.4, -0.2) is 32.3 Å². The molecule has 3 nitrogen and oxygen atoms in total. The Morgan fingerprint density at radius 1 is 1.43 bits per heavy atom. The summed E-state index contributed by atoms with van der Waals surface area (Å²) in [5.41, 5.74) is 2.58. The van der Waals surface area contributed by atoms with Gasteiger partial charge in [0, 0.05) is 36.9 Å². The average Bonchev–Trinajstić information content (AvgIpc) is 2.49. The zero-order valence-electron chi connectivity index (χ0n) is 13.4. The normalized spacial score (nSPS) is 22.6. The standard InChI is InChI=1S/C17H27BrN2O/c1-4-9-19-12-14-6-7-15(11-16(14)18)20-10-5-8-17(2,13-20)21-3/h6-7,11,19H,4-5,8-10,12-13H2,1-3H3. The fraction of sp³-hybridized carbons (Fsp3) is 0.647. The number of benzene rings is 1. The lowest BCUT2D eigenvalue weighted by molar-refractivity contribution is -0.00465. The van der Waals surface area contributed by atoms with Gasteiger partial charge in [-0.3, -0.25) is 0 Å². The summed E-state index contributed by atoms with van der Waals surface area (Å²) in [5.74, 6) is 0. The van der Waals surface area contributed by atoms with Crippen molar-refractivity contribution in [3.8, 4) is 0 Å². The van der Waals surface area contributed by atoms with Crippen molar-refractivity contribution in [2.24, 2.45) is 0 Å². The first-order valence-corrected chi connectivity index (χ1v) is 8.66. The number of nitrogens with one attached hydrogen (secondary N) is 1. The van der Waals surface area contributed by atoms with Gasteiger partial charge in [0.15, 0.2) is 0 Å². The number of piperidine rings is 1. The van der Waals surface area contributed by atoms with E-state index < -0.39 is 0 Å². The minimum atomic E-state index is -0.0217. The highest BCUT2D eigenvalue weighted by Crippen LogP contribution is 2.30. The van der Waals surface area contributed by atoms with E-state index in [1.165, 1.54) is 28.6 Å². The Bertz CT molecular complexity index is 466. The molecule has 0 aliphatic carbocycles. The van der Waals surface area contributed by atoms with Gasteiger partial charge in [-0.1, -0.05) is 28.9 Å². The molecule has 1 atom stereocenters. The molecule has 1 aromatic carbocycles. The maximum Gasteiger partial charge on any atom is 0.0825 e. The summed E-state index contributed by atoms with van der Waals surface area (Å²) in [6.07, 6.45) is 3.49. The van der Waals surface area contributed by atoms with Crippen molar-refractivity contribution in [1.29, 1.82) is 0 Å². The van der Waals surface area contributed by atoms with E-state index in [1.807, 2.05) is 7.11 Å². The van der Waals surface area contributed by atoms with E-state index in [0.717, 1.165) is 32.6 Å². The molecule has 4 heteroatoms. The zero-order valence-corrected chi connectivity index (χ0v) is 15.0. The molecular formula is C17H27BrN2O. The molecule has 1 aromatic rings. The maximum atomic E-state index is 5.69. The van der Waals surface area contributed by atoms with Gasteiger partial charge in [0.2, 0.25) is 0 Å². The predicted octanol–water partition coefficient (Wildman–Crippen LogP) is 3.95. The number of hydrogen-bond acceptors (Lipinski definition) is 3. The van der Waals surface area contributed by atoms with E-state index in [1.54, 1.807) is 0 Å². The van der Waals surface area contributed by atoms with Crippen LogP contribution < -0.4 is 10.2 Å². The van der Waals surface area contributed by atoms with Gasteiger partial charge >= 0.3 is 0 Å². The summed E-state index contributed by atoms with van der Waals surface area (Å²) < 4.78 is 6.87. The second-order valence-corrected chi connectivity index (χ2v) is 6.99. The largest absolute Gasteiger partial charge is 0.377 e. The molecule has 0 aromatic heterocycles. The van der Waals surface area contributed by atoms with Crippen LogP contribution in [0.25, 0.3) is 0 Å². The van der Waals surface area contributed by atoms with Crippen molar-refractivity contribution in [3.05, 3.63) is 28.2 Å². The second kappa shape index (κ2) is 7.61. The van der Waals surface area contributed by atoms with Gasteiger partial charge < -0.3 is 15.0 Å². The van der Waals surface area contributed by atoms with E-state index in [0.29, 0.717) is 0 Å². The van der Waals surface area contributed by atoms with Crippen LogP contribution in [0.1, 0.15) is 38.7 Å². The smallest absolute Gasteiger partial charge is 0.0825 e. The number of ether oxygens (including phenoxy) is 1. The number of methoxy groups -OCH3 is 1. The monoisotopic (exact) mass is 354 g/mol. The summed E-state index contributed by atoms with van der Waals surface area (Å²) >= 11 is 3.71. The molecule has 0 saturated carbocycles. The van der Waals surface area contributed by atoms with Gasteiger partial charge in [0.1, 0.15) is 0 Å². The maximum absolute atomic E-state index is 5.69. The van der Waals surface area contributed by atoms with Gasteiger partial charge in [0.05, 0.1) is 5.60 Å². The van der Waals surface area contributed by atoms with E-state index in [-0.39, 0.29) is 5.60 Å². The topological polar surface area (TPSA) is 24.5 Å². The summed E-state index contributed by atoms with van der Waals surface area (Å²) in [6.45, 7) is 8.45. The lowest BCUT2D eigenvalue weighted by atomic mass is 9.94. The van der Waals surface area contributed by atoms with E-state index >= 15 is 0 Å². The number of rotatable bonds is 6. The number of hydrogen-bond donors (Lipinski definition) is 1. The highest BCUT2D eigenvalue weighted by atomic mass is 79.9. The Hall–Kier alpha value is -0.580. The van der Waals surface area contributed by atoms with Crippen molar-refractivity contribution < 1.29 is 4.74 Å². The number of nitrogens with zero attached hydrogens (tertiary/aromatic N) is 1. The molecule has 0 amide bonds. The van der Waals surface area contributed by atoms with Crippen LogP contribution in [0.3, 0.4) is 0 Å². The molecular weight excluding hydrogens is 328 g/mol. The highest BCUT2D eigenvalue weighted by Gasteiger charge is 2.30. The van der Waals surface area contributed by atoms with Crippen molar-refractivity contribution in [2.75, 3.05) is 31.6 Å². The Kier molecular flexibility index (Phi) is 6.08. The van der Waals surface area contributed by atoms with E-state index in [4.69, 9.17) is 4.74 Å². The Morgan fingerprint density at radius 3 is 2.90 bits per heavy atom. The minimum Gasteiger partial charge on any atom is -0.377 e. The van der Waals surface area contributed by atoms with Crippen LogP contribution in [0.15, 0.2) is 22.7 Å². The van der Waals surface area contributed by atoms with E-state index in [2.05, 4.69) is 58.2 Å². The quantitative estimate of drug-likeness (QED) is 0.782. The first-order chi connectivity index (χ1) is 10.1. The molecule has 1 unspecified atom stereocenters. The van der Waals surface area contributed by atoms with Crippen molar-refractivity contribution in [2.45, 2.75) is 45.3 Å². The van der Waals surface area contributed by atoms with Crippen LogP contribution >= 0.6 is 15.9 Å². The van der Waals surface area contributed by atoms with Crippen LogP contribution in [0.5, 0.6) is 0 Å². The Morgan fingerprint density at radius 2 is 2.24 bits per heavy atom. The fourth-order valence-corrected chi connectivity index (χ4v) is 3.38. The van der Waals surface area contributed by atoms with Gasteiger partial charge in [-0.25, -0.2) is 0 Å². The molecule has 0 bridgehead atoms. The van der Waals surface area contributed by atoms with E-state index in [9.17, 15) is 0 Å². The zero-order chi connectivity index (χ0) is 15.3. The van der Waals surface area contributed by atoms with Gasteiger partial charge in [0.25, 0.3) is 0 Å². The summed E-state index contributed by atoms with van der Waals surface area (Å²) in [5, 5.41) is 3.45. The summed E-state index contributed by atoms with van der Waals surface area (Å²) in [7, 11) is 1.82.